The molecule has 0 spiro atoms. The van der Waals surface area contributed by atoms with E-state index in [1.165, 1.54) is 11.1 Å². The molecule has 0 aliphatic heterocycles. The Balaban J connectivity index is 1.90. The van der Waals surface area contributed by atoms with Gasteiger partial charge in [0.2, 0.25) is 0 Å². The van der Waals surface area contributed by atoms with Crippen LogP contribution in [0.2, 0.25) is 0 Å². The Hall–Kier alpha value is -1.45. The largest absolute Gasteiger partial charge is 0.469 e. The topological polar surface area (TPSA) is 66.8 Å². The van der Waals surface area contributed by atoms with E-state index in [0.29, 0.717) is 12.8 Å². The number of phosphoric ester groups is 1. The van der Waals surface area contributed by atoms with Gasteiger partial charge in [-0.05, 0) is 36.8 Å². The van der Waals surface area contributed by atoms with Gasteiger partial charge in [-0.1, -0.05) is 60.7 Å². The predicted octanol–water partition coefficient (Wildman–Crippen LogP) is 4.02. The van der Waals surface area contributed by atoms with Crippen molar-refractivity contribution in [2.24, 2.45) is 0 Å². The molecule has 5 heteroatoms. The summed E-state index contributed by atoms with van der Waals surface area (Å²) in [4.78, 5) is 18.0. The number of phosphoric acid groups is 1. The minimum atomic E-state index is -4.42. The van der Waals surface area contributed by atoms with Crippen LogP contribution in [0.4, 0.5) is 0 Å². The minimum absolute atomic E-state index is 0.114. The smallest absolute Gasteiger partial charge is 0.303 e. The van der Waals surface area contributed by atoms with E-state index in [4.69, 9.17) is 14.3 Å². The fourth-order valence-electron chi connectivity index (χ4n) is 3.64. The summed E-state index contributed by atoms with van der Waals surface area (Å²) in [6.45, 7) is 0. The lowest BCUT2D eigenvalue weighted by molar-refractivity contribution is 0.0878. The van der Waals surface area contributed by atoms with Gasteiger partial charge in [-0.15, -0.1) is 0 Å². The zero-order valence-electron chi connectivity index (χ0n) is 12.8. The second kappa shape index (κ2) is 6.58. The van der Waals surface area contributed by atoms with Crippen LogP contribution >= 0.6 is 7.82 Å². The second-order valence-electron chi connectivity index (χ2n) is 6.11. The highest BCUT2D eigenvalue weighted by Crippen LogP contribution is 2.48. The van der Waals surface area contributed by atoms with Crippen LogP contribution in [0.25, 0.3) is 0 Å². The van der Waals surface area contributed by atoms with Crippen LogP contribution in [0.3, 0.4) is 0 Å². The van der Waals surface area contributed by atoms with E-state index >= 15 is 0 Å². The van der Waals surface area contributed by atoms with Crippen molar-refractivity contribution in [3.8, 4) is 0 Å². The number of rotatable bonds is 4. The summed E-state index contributed by atoms with van der Waals surface area (Å²) >= 11 is 0. The molecule has 4 nitrogen and oxygen atoms in total. The van der Waals surface area contributed by atoms with Crippen molar-refractivity contribution in [2.75, 3.05) is 0 Å². The molecular weight excluding hydrogens is 311 g/mol. The van der Waals surface area contributed by atoms with Gasteiger partial charge in [0.15, 0.2) is 0 Å². The van der Waals surface area contributed by atoms with E-state index < -0.39 is 7.82 Å². The average Bonchev–Trinajstić information content (AvgIpc) is 2.56. The molecule has 1 saturated carbocycles. The third-order valence-electron chi connectivity index (χ3n) is 4.73. The van der Waals surface area contributed by atoms with Gasteiger partial charge in [0, 0.05) is 5.41 Å². The molecule has 1 aliphatic carbocycles. The molecule has 2 aromatic carbocycles. The minimum Gasteiger partial charge on any atom is -0.303 e. The molecule has 0 amide bonds. The zero-order chi connectivity index (χ0) is 16.3. The third-order valence-corrected chi connectivity index (χ3v) is 5.30. The summed E-state index contributed by atoms with van der Waals surface area (Å²) in [6, 6.07) is 20.7. The first-order valence-corrected chi connectivity index (χ1v) is 9.38. The molecule has 0 heterocycles. The van der Waals surface area contributed by atoms with Crippen molar-refractivity contribution in [3.63, 3.8) is 0 Å². The van der Waals surface area contributed by atoms with Crippen LogP contribution < -0.4 is 0 Å². The Bertz CT molecular complexity index is 631. The zero-order valence-corrected chi connectivity index (χ0v) is 13.7. The van der Waals surface area contributed by atoms with Crippen LogP contribution in [0.1, 0.15) is 36.8 Å². The molecule has 0 unspecified atom stereocenters. The van der Waals surface area contributed by atoms with Crippen LogP contribution in [0.15, 0.2) is 60.7 Å². The summed E-state index contributed by atoms with van der Waals surface area (Å²) in [7, 11) is -4.42. The molecule has 2 N–H and O–H groups in total. The van der Waals surface area contributed by atoms with E-state index in [1.54, 1.807) is 0 Å². The molecule has 122 valence electrons. The van der Waals surface area contributed by atoms with Gasteiger partial charge < -0.3 is 9.79 Å². The maximum atomic E-state index is 11.1. The van der Waals surface area contributed by atoms with Crippen LogP contribution in [0, 0.1) is 0 Å². The van der Waals surface area contributed by atoms with Crippen molar-refractivity contribution < 1.29 is 18.9 Å². The van der Waals surface area contributed by atoms with Crippen LogP contribution in [-0.2, 0) is 14.5 Å². The molecule has 23 heavy (non-hydrogen) atoms. The van der Waals surface area contributed by atoms with E-state index in [-0.39, 0.29) is 11.5 Å². The Morgan fingerprint density at radius 1 is 0.870 bits per heavy atom. The van der Waals surface area contributed by atoms with Gasteiger partial charge >= 0.3 is 7.82 Å². The van der Waals surface area contributed by atoms with E-state index in [0.717, 1.165) is 12.8 Å². The van der Waals surface area contributed by atoms with Crippen LogP contribution in [0.5, 0.6) is 0 Å². The van der Waals surface area contributed by atoms with Gasteiger partial charge in [0.1, 0.15) is 0 Å². The first kappa shape index (κ1) is 16.4. The highest BCUT2D eigenvalue weighted by atomic mass is 31.2. The fourth-order valence-corrected chi connectivity index (χ4v) is 4.24. The SMILES string of the molecule is O=P(O)(O)OC1CCC(c2ccccc2)(c2ccccc2)CC1. The normalized spacial score (nSPS) is 18.7. The maximum Gasteiger partial charge on any atom is 0.469 e. The maximum absolute atomic E-state index is 11.1. The molecule has 2 aromatic rings. The Kier molecular flexibility index (Phi) is 4.69. The van der Waals surface area contributed by atoms with Crippen molar-refractivity contribution >= 4 is 7.82 Å². The van der Waals surface area contributed by atoms with E-state index in [9.17, 15) is 4.57 Å². The Morgan fingerprint density at radius 2 is 1.30 bits per heavy atom. The predicted molar refractivity (Wildman–Crippen MR) is 89.0 cm³/mol. The molecular formula is C18H21O4P. The van der Waals surface area contributed by atoms with Gasteiger partial charge in [-0.3, -0.25) is 4.52 Å². The molecule has 1 aliphatic rings. The second-order valence-corrected chi connectivity index (χ2v) is 7.30. The number of benzene rings is 2. The summed E-state index contributed by atoms with van der Waals surface area (Å²) in [6.07, 6.45) is 2.51. The fraction of sp³-hybridized carbons (Fsp3) is 0.333. The van der Waals surface area contributed by atoms with Crippen LogP contribution in [-0.4, -0.2) is 15.9 Å². The number of hydrogen-bond donors (Lipinski definition) is 2. The quantitative estimate of drug-likeness (QED) is 0.830. The lowest BCUT2D eigenvalue weighted by Crippen LogP contribution is -2.35. The van der Waals surface area contributed by atoms with Crippen molar-refractivity contribution in [2.45, 2.75) is 37.2 Å². The first-order chi connectivity index (χ1) is 11.0. The highest BCUT2D eigenvalue weighted by molar-refractivity contribution is 7.46. The van der Waals surface area contributed by atoms with E-state index in [2.05, 4.69) is 24.3 Å². The highest BCUT2D eigenvalue weighted by Gasteiger charge is 2.39. The summed E-state index contributed by atoms with van der Waals surface area (Å²) in [5.74, 6) is 0. The van der Waals surface area contributed by atoms with Crippen molar-refractivity contribution in [3.05, 3.63) is 71.8 Å². The van der Waals surface area contributed by atoms with Gasteiger partial charge in [0.05, 0.1) is 6.10 Å². The lowest BCUT2D eigenvalue weighted by Gasteiger charge is -2.41. The van der Waals surface area contributed by atoms with Crippen molar-refractivity contribution in [1.29, 1.82) is 0 Å². The lowest BCUT2D eigenvalue weighted by atomic mass is 9.65. The molecule has 0 saturated heterocycles. The Morgan fingerprint density at radius 3 is 1.70 bits per heavy atom. The van der Waals surface area contributed by atoms with Gasteiger partial charge in [-0.2, -0.15) is 0 Å². The molecule has 0 radical (unpaired) electrons. The van der Waals surface area contributed by atoms with Gasteiger partial charge in [0.25, 0.3) is 0 Å². The first-order valence-electron chi connectivity index (χ1n) is 7.85. The monoisotopic (exact) mass is 332 g/mol. The Labute approximate surface area is 136 Å². The average molecular weight is 332 g/mol. The standard InChI is InChI=1S/C18H21O4P/c19-23(20,21)22-17-11-13-18(14-12-17,15-7-3-1-4-8-15)16-9-5-2-6-10-16/h1-10,17H,11-14H2,(H2,19,20,21). The molecule has 0 bridgehead atoms. The van der Waals surface area contributed by atoms with Crippen molar-refractivity contribution in [1.82, 2.24) is 0 Å². The summed E-state index contributed by atoms with van der Waals surface area (Å²) in [5, 5.41) is 0. The summed E-state index contributed by atoms with van der Waals surface area (Å²) in [5.41, 5.74) is 2.39. The molecule has 3 rings (SSSR count). The summed E-state index contributed by atoms with van der Waals surface area (Å²) < 4.78 is 16.0. The third kappa shape index (κ3) is 3.73. The van der Waals surface area contributed by atoms with E-state index in [1.807, 2.05) is 36.4 Å². The van der Waals surface area contributed by atoms with Gasteiger partial charge in [-0.25, -0.2) is 4.57 Å². The molecule has 0 atom stereocenters. The molecule has 0 aromatic heterocycles. The number of hydrogen-bond acceptors (Lipinski definition) is 2. The molecule has 1 fully saturated rings.